The van der Waals surface area contributed by atoms with Crippen LogP contribution in [0.3, 0.4) is 0 Å². The van der Waals surface area contributed by atoms with E-state index in [0.717, 1.165) is 11.5 Å². The first-order valence-corrected chi connectivity index (χ1v) is 16.2. The van der Waals surface area contributed by atoms with Crippen molar-refractivity contribution in [2.45, 2.75) is 49.0 Å². The molecule has 23 heteroatoms. The van der Waals surface area contributed by atoms with E-state index in [1.165, 1.54) is 24.3 Å². The van der Waals surface area contributed by atoms with Gasteiger partial charge in [-0.2, -0.15) is 4.37 Å². The number of hydrogen-bond donors (Lipinski definition) is 3. The highest BCUT2D eigenvalue weighted by atomic mass is 32.1. The van der Waals surface area contributed by atoms with Crippen LogP contribution in [0.2, 0.25) is 0 Å². The number of imidazole rings is 1. The van der Waals surface area contributed by atoms with Crippen LogP contribution in [0, 0.1) is 0 Å². The number of nitrogens with two attached hydrogens (primary N) is 2. The average Bonchev–Trinajstić information content (AvgIpc) is 3.75. The molecule has 0 radical (unpaired) electrons. The van der Waals surface area contributed by atoms with Crippen LogP contribution in [0.4, 0.5) is 16.2 Å². The zero-order valence-corrected chi connectivity index (χ0v) is 25.2. The Morgan fingerprint density at radius 3 is 2.57 bits per heavy atom. The van der Waals surface area contributed by atoms with Crippen LogP contribution in [0.15, 0.2) is 17.4 Å². The molecular weight excluding hydrogens is 651 g/mol. The third kappa shape index (κ3) is 5.12. The second-order valence-electron chi connectivity index (χ2n) is 9.87. The molecule has 3 aliphatic rings. The van der Waals surface area contributed by atoms with Crippen LogP contribution in [-0.4, -0.2) is 90.9 Å². The topological polar surface area (TPSA) is 253 Å². The SMILES string of the molecule is CO[C@H]1[C@H]2O[PH](=O)OC[C@H]3O[C@@H](n4cnc5c(N)ncnc54)[C@H](F)[C@@H]3O[PH](=O)OC[C@H]1O[C@H]2c1snc2c(=O)[nH]c(N)nc12. The van der Waals surface area contributed by atoms with Crippen LogP contribution in [0.1, 0.15) is 17.2 Å². The molecule has 10 atom stereocenters. The molecule has 4 aromatic heterocycles. The van der Waals surface area contributed by atoms with Gasteiger partial charge in [0.05, 0.1) is 24.4 Å². The van der Waals surface area contributed by atoms with Crippen molar-refractivity contribution in [2.24, 2.45) is 0 Å². The highest BCUT2D eigenvalue weighted by Gasteiger charge is 2.52. The number of nitrogens with one attached hydrogen (secondary N) is 1. The number of aromatic nitrogens is 7. The molecule has 44 heavy (non-hydrogen) atoms. The molecule has 0 amide bonds. The Hall–Kier alpha value is -2.97. The normalized spacial score (nSPS) is 34.9. The smallest absolute Gasteiger partial charge is 0.319 e. The van der Waals surface area contributed by atoms with Crippen molar-refractivity contribution in [3.05, 3.63) is 27.9 Å². The molecule has 236 valence electrons. The number of H-pyrrole nitrogens is 1. The Morgan fingerprint density at radius 1 is 1.05 bits per heavy atom. The van der Waals surface area contributed by atoms with Gasteiger partial charge < -0.3 is 43.8 Å². The monoisotopic (exact) mass is 675 g/mol. The van der Waals surface area contributed by atoms with Crippen molar-refractivity contribution in [1.82, 2.24) is 33.9 Å². The number of hydrogen-bond acceptors (Lipinski definition) is 18. The minimum Gasteiger partial charge on any atom is -0.382 e. The number of alkyl halides is 1. The fraction of sp³-hybridized carbons (Fsp3) is 0.524. The number of ether oxygens (including phenoxy) is 3. The van der Waals surface area contributed by atoms with E-state index < -0.39 is 77.7 Å². The number of aromatic amines is 1. The second-order valence-corrected chi connectivity index (χ2v) is 12.7. The Bertz CT molecular complexity index is 1830. The summed E-state index contributed by atoms with van der Waals surface area (Å²) in [5.74, 6) is -0.0621. The van der Waals surface area contributed by atoms with Crippen molar-refractivity contribution >= 4 is 62.0 Å². The number of fused-ring (bicyclic) bond motifs is 5. The predicted octanol–water partition coefficient (Wildman–Crippen LogP) is 0.671. The van der Waals surface area contributed by atoms with Gasteiger partial charge in [0.1, 0.15) is 54.0 Å². The molecule has 2 bridgehead atoms. The maximum absolute atomic E-state index is 15.9. The summed E-state index contributed by atoms with van der Waals surface area (Å²) >= 11 is 0.908. The van der Waals surface area contributed by atoms with E-state index in [-0.39, 0.29) is 40.6 Å². The molecule has 0 saturated carbocycles. The molecule has 5 N–H and O–H groups in total. The molecule has 7 heterocycles. The summed E-state index contributed by atoms with van der Waals surface area (Å²) in [5.41, 5.74) is 11.6. The lowest BCUT2D eigenvalue weighted by Crippen LogP contribution is -2.35. The Balaban J connectivity index is 1.17. The summed E-state index contributed by atoms with van der Waals surface area (Å²) in [6, 6.07) is 0. The highest BCUT2D eigenvalue weighted by molar-refractivity contribution is 7.33. The van der Waals surface area contributed by atoms with Crippen molar-refractivity contribution in [3.63, 3.8) is 0 Å². The summed E-state index contributed by atoms with van der Waals surface area (Å²) < 4.78 is 87.4. The van der Waals surface area contributed by atoms with Crippen LogP contribution in [-0.2, 0) is 41.4 Å². The van der Waals surface area contributed by atoms with E-state index in [0.29, 0.717) is 4.88 Å². The molecule has 0 aliphatic carbocycles. The minimum absolute atomic E-state index is 0.0200. The van der Waals surface area contributed by atoms with Gasteiger partial charge in [-0.25, -0.2) is 24.3 Å². The van der Waals surface area contributed by atoms with Gasteiger partial charge in [0.15, 0.2) is 29.4 Å². The number of anilines is 2. The third-order valence-electron chi connectivity index (χ3n) is 7.35. The quantitative estimate of drug-likeness (QED) is 0.252. The van der Waals surface area contributed by atoms with Crippen molar-refractivity contribution in [3.8, 4) is 0 Å². The van der Waals surface area contributed by atoms with Gasteiger partial charge >= 0.3 is 16.5 Å². The van der Waals surface area contributed by atoms with Gasteiger partial charge in [-0.15, -0.1) is 0 Å². The number of rotatable bonds is 3. The van der Waals surface area contributed by atoms with Gasteiger partial charge in [0.2, 0.25) is 5.95 Å². The van der Waals surface area contributed by atoms with Crippen LogP contribution in [0.5, 0.6) is 0 Å². The standard InChI is InChI=1S/C21H24FN9O10P2S/c1-35-13-7-3-37-42(33)40-12-6(39-20(8(12)22)31-5-27-11-17(23)25-4-26-18(11)31)2-36-43(34)41-14(13)15(38-7)16-9-10(30-44-16)19(32)29-21(24)28-9/h4-8,12-15,20,42-43H,2-3H2,1H3,(H2,23,25,26)(H3,24,28,29,32)/t6-,7-,8-,12-,13-,14-,15-,20-/m1/s1. The molecule has 19 nitrogen and oxygen atoms in total. The molecular formula is C21H24FN9O10P2S. The summed E-state index contributed by atoms with van der Waals surface area (Å²) in [7, 11) is -5.34. The first-order chi connectivity index (χ1) is 21.2. The lowest BCUT2D eigenvalue weighted by molar-refractivity contribution is -0.0445. The van der Waals surface area contributed by atoms with E-state index in [1.54, 1.807) is 0 Å². The van der Waals surface area contributed by atoms with Crippen molar-refractivity contribution in [2.75, 3.05) is 31.8 Å². The Kier molecular flexibility index (Phi) is 7.94. The fourth-order valence-corrected chi connectivity index (χ4v) is 7.99. The van der Waals surface area contributed by atoms with E-state index in [4.69, 9.17) is 43.8 Å². The fourth-order valence-electron chi connectivity index (χ4n) is 5.39. The summed E-state index contributed by atoms with van der Waals surface area (Å²) in [5, 5.41) is 0. The van der Waals surface area contributed by atoms with E-state index >= 15 is 4.39 Å². The molecule has 2 unspecified atom stereocenters. The average molecular weight is 675 g/mol. The van der Waals surface area contributed by atoms with Gasteiger partial charge in [-0.1, -0.05) is 0 Å². The Morgan fingerprint density at radius 2 is 1.80 bits per heavy atom. The lowest BCUT2D eigenvalue weighted by atomic mass is 10.1. The third-order valence-corrected chi connectivity index (χ3v) is 9.98. The zero-order chi connectivity index (χ0) is 30.7. The van der Waals surface area contributed by atoms with Gasteiger partial charge in [0.25, 0.3) is 5.56 Å². The van der Waals surface area contributed by atoms with Crippen molar-refractivity contribution < 1.29 is 45.8 Å². The molecule has 3 saturated heterocycles. The second kappa shape index (κ2) is 11.8. The van der Waals surface area contributed by atoms with Crippen LogP contribution in [0.25, 0.3) is 22.2 Å². The van der Waals surface area contributed by atoms with Gasteiger partial charge in [0, 0.05) is 7.11 Å². The van der Waals surface area contributed by atoms with Crippen molar-refractivity contribution in [1.29, 1.82) is 0 Å². The lowest BCUT2D eigenvalue weighted by Gasteiger charge is -2.22. The van der Waals surface area contributed by atoms with Crippen LogP contribution >= 0.6 is 28.0 Å². The van der Waals surface area contributed by atoms with E-state index in [1.807, 2.05) is 0 Å². The molecule has 0 aromatic carbocycles. The molecule has 3 aliphatic heterocycles. The minimum atomic E-state index is -3.37. The molecule has 4 aromatic rings. The number of methoxy groups -OCH3 is 1. The zero-order valence-electron chi connectivity index (χ0n) is 22.4. The summed E-state index contributed by atoms with van der Waals surface area (Å²) in [6.45, 7) is -0.823. The largest absolute Gasteiger partial charge is 0.382 e. The highest BCUT2D eigenvalue weighted by Crippen LogP contribution is 2.47. The number of nitrogen functional groups attached to an aromatic ring is 2. The number of nitrogens with zero attached hydrogens (tertiary/aromatic N) is 6. The number of halogens is 1. The predicted molar refractivity (Wildman–Crippen MR) is 149 cm³/mol. The van der Waals surface area contributed by atoms with E-state index in [9.17, 15) is 13.9 Å². The Labute approximate surface area is 250 Å². The van der Waals surface area contributed by atoms with Gasteiger partial charge in [-0.05, 0) is 11.5 Å². The first-order valence-electron chi connectivity index (χ1n) is 13.0. The van der Waals surface area contributed by atoms with E-state index in [2.05, 4.69) is 29.3 Å². The maximum atomic E-state index is 15.9. The maximum Gasteiger partial charge on any atom is 0.319 e. The molecule has 0 spiro atoms. The molecule has 7 rings (SSSR count). The summed E-state index contributed by atoms with van der Waals surface area (Å²) in [6.07, 6.45) is -7.39. The first kappa shape index (κ1) is 29.7. The summed E-state index contributed by atoms with van der Waals surface area (Å²) in [4.78, 5) is 31.4. The van der Waals surface area contributed by atoms with Crippen LogP contribution < -0.4 is 17.0 Å². The molecule has 3 fully saturated rings. The van der Waals surface area contributed by atoms with Gasteiger partial charge in [-0.3, -0.25) is 23.5 Å².